The Bertz CT molecular complexity index is 499. The fourth-order valence-corrected chi connectivity index (χ4v) is 2.83. The molecule has 0 spiro atoms. The average Bonchev–Trinajstić information content (AvgIpc) is 2.74. The van der Waals surface area contributed by atoms with E-state index in [0.717, 1.165) is 39.1 Å². The molecule has 1 heterocycles. The van der Waals surface area contributed by atoms with Crippen molar-refractivity contribution in [1.82, 2.24) is 9.80 Å². The lowest BCUT2D eigenvalue weighted by Gasteiger charge is -2.22. The first kappa shape index (κ1) is 16.7. The zero-order valence-electron chi connectivity index (χ0n) is 13.6. The van der Waals surface area contributed by atoms with Gasteiger partial charge in [-0.05, 0) is 18.9 Å². The number of nitrogens with zero attached hydrogens (tertiary/aromatic N) is 2. The van der Waals surface area contributed by atoms with Crippen LogP contribution in [0, 0.1) is 0 Å². The molecule has 1 aliphatic rings. The van der Waals surface area contributed by atoms with Gasteiger partial charge in [0, 0.05) is 39.8 Å². The molecule has 2 rings (SSSR count). The van der Waals surface area contributed by atoms with Crippen LogP contribution >= 0.6 is 0 Å². The Hall–Kier alpha value is -1.65. The maximum atomic E-state index is 11.9. The summed E-state index contributed by atoms with van der Waals surface area (Å²) in [6.07, 6.45) is 3.26. The van der Waals surface area contributed by atoms with E-state index >= 15 is 0 Å². The molecule has 1 fully saturated rings. The highest BCUT2D eigenvalue weighted by Gasteiger charge is 2.18. The van der Waals surface area contributed by atoms with E-state index in [-0.39, 0.29) is 12.5 Å². The van der Waals surface area contributed by atoms with Crippen molar-refractivity contribution in [3.63, 3.8) is 0 Å². The molecule has 0 radical (unpaired) electrons. The summed E-state index contributed by atoms with van der Waals surface area (Å²) in [5.74, 6) is 0.0981. The van der Waals surface area contributed by atoms with Gasteiger partial charge in [-0.1, -0.05) is 42.0 Å². The standard InChI is InChI=1S/C18H26N2O2/c1-16(13-17-7-4-3-5-8-17)14-19-9-6-10-20(12-11-19)18(21)15-22-2/h3-5,7-8,13H,6,9-12,14-15H2,1-2H3/b16-13+. The average molecular weight is 302 g/mol. The second kappa shape index (κ2) is 8.71. The molecule has 0 unspecified atom stereocenters. The van der Waals surface area contributed by atoms with Gasteiger partial charge < -0.3 is 9.64 Å². The van der Waals surface area contributed by atoms with Crippen LogP contribution in [0.1, 0.15) is 18.9 Å². The van der Waals surface area contributed by atoms with Crippen molar-refractivity contribution in [3.05, 3.63) is 41.5 Å². The molecule has 0 aliphatic carbocycles. The van der Waals surface area contributed by atoms with Gasteiger partial charge in [-0.15, -0.1) is 0 Å². The normalized spacial score (nSPS) is 17.4. The second-order valence-electron chi connectivity index (χ2n) is 5.84. The van der Waals surface area contributed by atoms with Crippen molar-refractivity contribution in [2.75, 3.05) is 46.4 Å². The molecular weight excluding hydrogens is 276 g/mol. The Morgan fingerprint density at radius 1 is 1.18 bits per heavy atom. The number of carbonyl (C=O) groups is 1. The largest absolute Gasteiger partial charge is 0.375 e. The Balaban J connectivity index is 1.86. The SMILES string of the molecule is COCC(=O)N1CCCN(C/C(C)=C/c2ccccc2)CC1. The Morgan fingerprint density at radius 3 is 2.68 bits per heavy atom. The van der Waals surface area contributed by atoms with Gasteiger partial charge in [-0.3, -0.25) is 9.69 Å². The highest BCUT2D eigenvalue weighted by molar-refractivity contribution is 5.77. The molecule has 120 valence electrons. The highest BCUT2D eigenvalue weighted by atomic mass is 16.5. The van der Waals surface area contributed by atoms with Crippen molar-refractivity contribution < 1.29 is 9.53 Å². The molecule has 1 saturated heterocycles. The molecule has 1 aromatic rings. The summed E-state index contributed by atoms with van der Waals surface area (Å²) in [5, 5.41) is 0. The van der Waals surface area contributed by atoms with Crippen LogP contribution in [0.3, 0.4) is 0 Å². The summed E-state index contributed by atoms with van der Waals surface area (Å²) in [5.41, 5.74) is 2.59. The maximum Gasteiger partial charge on any atom is 0.248 e. The predicted octanol–water partition coefficient (Wildman–Crippen LogP) is 2.27. The van der Waals surface area contributed by atoms with Crippen LogP contribution in [-0.4, -0.2) is 62.1 Å². The Morgan fingerprint density at radius 2 is 1.95 bits per heavy atom. The lowest BCUT2D eigenvalue weighted by molar-refractivity contribution is -0.135. The number of hydrogen-bond donors (Lipinski definition) is 0. The summed E-state index contributed by atoms with van der Waals surface area (Å²) < 4.78 is 4.94. The van der Waals surface area contributed by atoms with E-state index in [1.165, 1.54) is 11.1 Å². The third-order valence-corrected chi connectivity index (χ3v) is 3.89. The fourth-order valence-electron chi connectivity index (χ4n) is 2.83. The monoisotopic (exact) mass is 302 g/mol. The molecule has 1 amide bonds. The summed E-state index contributed by atoms with van der Waals surface area (Å²) >= 11 is 0. The first-order valence-electron chi connectivity index (χ1n) is 7.90. The quantitative estimate of drug-likeness (QED) is 0.836. The molecular formula is C18H26N2O2. The van der Waals surface area contributed by atoms with E-state index in [1.807, 2.05) is 11.0 Å². The predicted molar refractivity (Wildman–Crippen MR) is 89.6 cm³/mol. The van der Waals surface area contributed by atoms with Gasteiger partial charge in [-0.2, -0.15) is 0 Å². The van der Waals surface area contributed by atoms with E-state index in [9.17, 15) is 4.79 Å². The van der Waals surface area contributed by atoms with E-state index in [2.05, 4.69) is 42.2 Å². The zero-order chi connectivity index (χ0) is 15.8. The van der Waals surface area contributed by atoms with Crippen molar-refractivity contribution in [1.29, 1.82) is 0 Å². The summed E-state index contributed by atoms with van der Waals surface area (Å²) in [4.78, 5) is 16.2. The summed E-state index contributed by atoms with van der Waals surface area (Å²) in [6, 6.07) is 10.4. The first-order valence-corrected chi connectivity index (χ1v) is 7.90. The van der Waals surface area contributed by atoms with Crippen LogP contribution in [0.4, 0.5) is 0 Å². The lowest BCUT2D eigenvalue weighted by atomic mass is 10.1. The third-order valence-electron chi connectivity index (χ3n) is 3.89. The van der Waals surface area contributed by atoms with Crippen molar-refractivity contribution in [3.8, 4) is 0 Å². The van der Waals surface area contributed by atoms with Crippen LogP contribution in [0.5, 0.6) is 0 Å². The minimum Gasteiger partial charge on any atom is -0.375 e. The van der Waals surface area contributed by atoms with Gasteiger partial charge in [0.1, 0.15) is 6.61 Å². The van der Waals surface area contributed by atoms with Crippen LogP contribution < -0.4 is 0 Å². The van der Waals surface area contributed by atoms with Crippen molar-refractivity contribution >= 4 is 12.0 Å². The maximum absolute atomic E-state index is 11.9. The van der Waals surface area contributed by atoms with Crippen LogP contribution in [-0.2, 0) is 9.53 Å². The molecule has 0 atom stereocenters. The van der Waals surface area contributed by atoms with Gasteiger partial charge in [0.2, 0.25) is 5.91 Å². The molecule has 0 saturated carbocycles. The Kier molecular flexibility index (Phi) is 6.62. The number of benzene rings is 1. The van der Waals surface area contributed by atoms with E-state index in [0.29, 0.717) is 0 Å². The molecule has 1 aromatic carbocycles. The minimum atomic E-state index is 0.0981. The van der Waals surface area contributed by atoms with Crippen LogP contribution in [0.15, 0.2) is 35.9 Å². The zero-order valence-corrected chi connectivity index (χ0v) is 13.6. The number of rotatable bonds is 5. The fraction of sp³-hybridized carbons (Fsp3) is 0.500. The summed E-state index contributed by atoms with van der Waals surface area (Å²) in [6.45, 7) is 6.91. The molecule has 1 aliphatic heterocycles. The Labute approximate surface area is 133 Å². The van der Waals surface area contributed by atoms with Gasteiger partial charge >= 0.3 is 0 Å². The topological polar surface area (TPSA) is 32.8 Å². The third kappa shape index (κ3) is 5.28. The first-order chi connectivity index (χ1) is 10.7. The van der Waals surface area contributed by atoms with Gasteiger partial charge in [0.25, 0.3) is 0 Å². The van der Waals surface area contributed by atoms with Gasteiger partial charge in [0.05, 0.1) is 0 Å². The number of carbonyl (C=O) groups excluding carboxylic acids is 1. The molecule has 22 heavy (non-hydrogen) atoms. The number of amides is 1. The van der Waals surface area contributed by atoms with Crippen molar-refractivity contribution in [2.45, 2.75) is 13.3 Å². The molecule has 4 heteroatoms. The lowest BCUT2D eigenvalue weighted by Crippen LogP contribution is -2.37. The smallest absolute Gasteiger partial charge is 0.248 e. The second-order valence-corrected chi connectivity index (χ2v) is 5.84. The number of ether oxygens (including phenoxy) is 1. The molecule has 0 bridgehead atoms. The minimum absolute atomic E-state index is 0.0981. The molecule has 0 N–H and O–H groups in total. The molecule has 4 nitrogen and oxygen atoms in total. The number of hydrogen-bond acceptors (Lipinski definition) is 3. The van der Waals surface area contributed by atoms with Crippen molar-refractivity contribution in [2.24, 2.45) is 0 Å². The van der Waals surface area contributed by atoms with Crippen LogP contribution in [0.25, 0.3) is 6.08 Å². The number of methoxy groups -OCH3 is 1. The highest BCUT2D eigenvalue weighted by Crippen LogP contribution is 2.10. The van der Waals surface area contributed by atoms with Crippen LogP contribution in [0.2, 0.25) is 0 Å². The molecule has 0 aromatic heterocycles. The van der Waals surface area contributed by atoms with E-state index < -0.39 is 0 Å². The van der Waals surface area contributed by atoms with E-state index in [1.54, 1.807) is 7.11 Å². The van der Waals surface area contributed by atoms with E-state index in [4.69, 9.17) is 4.74 Å². The van der Waals surface area contributed by atoms with Gasteiger partial charge in [0.15, 0.2) is 0 Å². The summed E-state index contributed by atoms with van der Waals surface area (Å²) in [7, 11) is 1.57. The van der Waals surface area contributed by atoms with Gasteiger partial charge in [-0.25, -0.2) is 0 Å².